The van der Waals surface area contributed by atoms with Crippen LogP contribution >= 0.6 is 11.6 Å². The number of ether oxygens (including phenoxy) is 1. The lowest BCUT2D eigenvalue weighted by Crippen LogP contribution is -2.46. The van der Waals surface area contributed by atoms with Crippen molar-refractivity contribution < 1.29 is 17.9 Å². The number of halogens is 1. The van der Waals surface area contributed by atoms with Crippen LogP contribution in [0.25, 0.3) is 10.9 Å². The summed E-state index contributed by atoms with van der Waals surface area (Å²) >= 11 is 6.04. The lowest BCUT2D eigenvalue weighted by molar-refractivity contribution is -0.125. The summed E-state index contributed by atoms with van der Waals surface area (Å²) in [5.41, 5.74) is 2.45. The second kappa shape index (κ2) is 10.8. The first-order valence-electron chi connectivity index (χ1n) is 11.5. The molecule has 1 aromatic heterocycles. The van der Waals surface area contributed by atoms with Gasteiger partial charge in [0.05, 0.1) is 23.4 Å². The molecular formula is C25H29ClN4O4S. The van der Waals surface area contributed by atoms with Gasteiger partial charge in [0, 0.05) is 48.5 Å². The van der Waals surface area contributed by atoms with Gasteiger partial charge in [-0.25, -0.2) is 8.42 Å². The fraction of sp³-hybridized carbons (Fsp3) is 0.360. The molecule has 2 N–H and O–H groups in total. The first-order chi connectivity index (χ1) is 16.8. The molecule has 0 unspecified atom stereocenters. The largest absolute Gasteiger partial charge is 0.496 e. The average molecular weight is 517 g/mol. The highest BCUT2D eigenvalue weighted by Crippen LogP contribution is 2.27. The van der Waals surface area contributed by atoms with Gasteiger partial charge in [-0.1, -0.05) is 11.6 Å². The third-order valence-corrected chi connectivity index (χ3v) is 8.30. The molecule has 1 atom stereocenters. The highest BCUT2D eigenvalue weighted by molar-refractivity contribution is 7.89. The topological polar surface area (TPSA) is 101 Å². The summed E-state index contributed by atoms with van der Waals surface area (Å²) in [5.74, 6) is 0.114. The van der Waals surface area contributed by atoms with Crippen LogP contribution in [0.1, 0.15) is 18.4 Å². The zero-order chi connectivity index (χ0) is 25.0. The summed E-state index contributed by atoms with van der Waals surface area (Å²) < 4.78 is 33.0. The Labute approximate surface area is 210 Å². The third-order valence-electron chi connectivity index (χ3n) is 6.20. The number of carbonyl (C=O) groups excluding carboxylic acids is 1. The van der Waals surface area contributed by atoms with Crippen LogP contribution in [0.2, 0.25) is 5.02 Å². The van der Waals surface area contributed by atoms with Gasteiger partial charge in [0.15, 0.2) is 0 Å². The number of fused-ring (bicyclic) bond motifs is 1. The summed E-state index contributed by atoms with van der Waals surface area (Å²) in [7, 11) is -2.14. The first-order valence-corrected chi connectivity index (χ1v) is 13.3. The normalized spacial score (nSPS) is 16.7. The van der Waals surface area contributed by atoms with E-state index in [0.717, 1.165) is 22.2 Å². The molecule has 186 valence electrons. The van der Waals surface area contributed by atoms with Crippen molar-refractivity contribution >= 4 is 44.1 Å². The Bertz CT molecular complexity index is 1330. The van der Waals surface area contributed by atoms with Crippen molar-refractivity contribution in [3.8, 4) is 5.75 Å². The molecule has 4 rings (SSSR count). The molecule has 10 heteroatoms. The van der Waals surface area contributed by atoms with E-state index in [0.29, 0.717) is 43.2 Å². The molecule has 1 amide bonds. The van der Waals surface area contributed by atoms with Crippen molar-refractivity contribution in [1.82, 2.24) is 14.6 Å². The number of benzene rings is 2. The molecule has 35 heavy (non-hydrogen) atoms. The van der Waals surface area contributed by atoms with Crippen LogP contribution in [0.15, 0.2) is 53.6 Å². The number of rotatable bonds is 8. The summed E-state index contributed by atoms with van der Waals surface area (Å²) in [6.45, 7) is 3.31. The third kappa shape index (κ3) is 5.69. The zero-order valence-corrected chi connectivity index (χ0v) is 21.3. The van der Waals surface area contributed by atoms with Gasteiger partial charge in [-0.05, 0) is 67.8 Å². The number of hydrogen-bond donors (Lipinski definition) is 2. The smallest absolute Gasteiger partial charge is 0.243 e. The van der Waals surface area contributed by atoms with E-state index in [-0.39, 0.29) is 23.3 Å². The molecule has 1 aliphatic rings. The van der Waals surface area contributed by atoms with E-state index in [2.05, 4.69) is 15.6 Å². The lowest BCUT2D eigenvalue weighted by Gasteiger charge is -2.31. The van der Waals surface area contributed by atoms with Crippen LogP contribution in [-0.4, -0.2) is 56.9 Å². The van der Waals surface area contributed by atoms with E-state index in [9.17, 15) is 13.2 Å². The fourth-order valence-corrected chi connectivity index (χ4v) is 6.11. The number of sulfonamides is 1. The maximum Gasteiger partial charge on any atom is 0.243 e. The molecule has 2 aromatic carbocycles. The first kappa shape index (κ1) is 25.2. The number of aryl methyl sites for hydroxylation is 1. The van der Waals surface area contributed by atoms with Crippen molar-refractivity contribution in [2.24, 2.45) is 5.92 Å². The number of nitrogens with zero attached hydrogens (tertiary/aromatic N) is 2. The van der Waals surface area contributed by atoms with Crippen LogP contribution in [0.3, 0.4) is 0 Å². The van der Waals surface area contributed by atoms with Gasteiger partial charge >= 0.3 is 0 Å². The summed E-state index contributed by atoms with van der Waals surface area (Å²) in [4.78, 5) is 17.3. The van der Waals surface area contributed by atoms with E-state index in [4.69, 9.17) is 16.3 Å². The average Bonchev–Trinajstić information content (AvgIpc) is 2.86. The van der Waals surface area contributed by atoms with Crippen molar-refractivity contribution in [3.05, 3.63) is 59.2 Å². The second-order valence-corrected chi connectivity index (χ2v) is 10.9. The fourth-order valence-electron chi connectivity index (χ4n) is 4.34. The Hall–Kier alpha value is -2.88. The van der Waals surface area contributed by atoms with Gasteiger partial charge in [-0.2, -0.15) is 4.31 Å². The van der Waals surface area contributed by atoms with Gasteiger partial charge in [-0.15, -0.1) is 0 Å². The number of amides is 1. The van der Waals surface area contributed by atoms with Gasteiger partial charge < -0.3 is 15.4 Å². The van der Waals surface area contributed by atoms with Crippen LogP contribution in [0.4, 0.5) is 5.69 Å². The van der Waals surface area contributed by atoms with Crippen molar-refractivity contribution in [2.75, 3.05) is 38.6 Å². The van der Waals surface area contributed by atoms with Gasteiger partial charge in [-0.3, -0.25) is 9.78 Å². The summed E-state index contributed by atoms with van der Waals surface area (Å²) in [6, 6.07) is 12.2. The summed E-state index contributed by atoms with van der Waals surface area (Å²) in [6.07, 6.45) is 3.00. The van der Waals surface area contributed by atoms with E-state index in [1.807, 2.05) is 25.1 Å². The highest BCUT2D eigenvalue weighted by Gasteiger charge is 2.33. The van der Waals surface area contributed by atoms with E-state index < -0.39 is 10.0 Å². The van der Waals surface area contributed by atoms with Crippen molar-refractivity contribution in [3.63, 3.8) is 0 Å². The highest BCUT2D eigenvalue weighted by atomic mass is 35.5. The van der Waals surface area contributed by atoms with E-state index in [1.165, 1.54) is 4.31 Å². The maximum absolute atomic E-state index is 13.2. The van der Waals surface area contributed by atoms with E-state index >= 15 is 0 Å². The molecule has 0 saturated carbocycles. The molecule has 0 spiro atoms. The minimum Gasteiger partial charge on any atom is -0.496 e. The Morgan fingerprint density at radius 1 is 1.20 bits per heavy atom. The molecule has 0 bridgehead atoms. The zero-order valence-electron chi connectivity index (χ0n) is 19.8. The van der Waals surface area contributed by atoms with Crippen LogP contribution in [0.5, 0.6) is 5.75 Å². The van der Waals surface area contributed by atoms with E-state index in [1.54, 1.807) is 37.6 Å². The summed E-state index contributed by atoms with van der Waals surface area (Å²) in [5, 5.41) is 7.83. The molecule has 0 aliphatic carbocycles. The minimum atomic E-state index is -3.69. The predicted molar refractivity (Wildman–Crippen MR) is 137 cm³/mol. The maximum atomic E-state index is 13.2. The number of anilines is 1. The predicted octanol–water partition coefficient (Wildman–Crippen LogP) is 3.83. The molecule has 1 fully saturated rings. The van der Waals surface area contributed by atoms with Crippen molar-refractivity contribution in [1.29, 1.82) is 0 Å². The monoisotopic (exact) mass is 516 g/mol. The number of methoxy groups -OCH3 is 1. The number of piperidine rings is 1. The lowest BCUT2D eigenvalue weighted by atomic mass is 9.99. The van der Waals surface area contributed by atoms with Gasteiger partial charge in [0.1, 0.15) is 5.75 Å². The molecular weight excluding hydrogens is 488 g/mol. The standard InChI is InChI=1S/C25H29ClN4O4S/c1-17-14-20(6-8-24(17)34-2)35(32,33)30-13-3-4-18(16-30)25(31)29-12-11-28-22-9-10-27-23-15-19(26)5-7-21(22)23/h5-10,14-15,18H,3-4,11-13,16H2,1-2H3,(H,27,28)(H,29,31)/t18-/m1/s1. The molecule has 1 aliphatic heterocycles. The molecule has 1 saturated heterocycles. The Kier molecular flexibility index (Phi) is 7.78. The number of nitrogens with one attached hydrogen (secondary N) is 2. The van der Waals surface area contributed by atoms with Gasteiger partial charge in [0.25, 0.3) is 0 Å². The second-order valence-electron chi connectivity index (χ2n) is 8.57. The quantitative estimate of drug-likeness (QED) is 0.441. The molecule has 3 aromatic rings. The molecule has 2 heterocycles. The van der Waals surface area contributed by atoms with Crippen LogP contribution in [-0.2, 0) is 14.8 Å². The Morgan fingerprint density at radius 2 is 2.03 bits per heavy atom. The minimum absolute atomic E-state index is 0.135. The number of pyridine rings is 1. The molecule has 8 nitrogen and oxygen atoms in total. The van der Waals surface area contributed by atoms with Crippen LogP contribution < -0.4 is 15.4 Å². The Morgan fingerprint density at radius 3 is 2.80 bits per heavy atom. The number of carbonyl (C=O) groups is 1. The molecule has 0 radical (unpaired) electrons. The van der Waals surface area contributed by atoms with Crippen molar-refractivity contribution in [2.45, 2.75) is 24.7 Å². The Balaban J connectivity index is 1.33. The number of hydrogen-bond acceptors (Lipinski definition) is 6. The number of aromatic nitrogens is 1. The SMILES string of the molecule is COc1ccc(S(=O)(=O)N2CCC[C@@H](C(=O)NCCNc3ccnc4cc(Cl)ccc34)C2)cc1C. The van der Waals surface area contributed by atoms with Crippen LogP contribution in [0, 0.1) is 12.8 Å². The van der Waals surface area contributed by atoms with Gasteiger partial charge in [0.2, 0.25) is 15.9 Å².